The second-order valence-corrected chi connectivity index (χ2v) is 7.35. The predicted molar refractivity (Wildman–Crippen MR) is 79.2 cm³/mol. The standard InChI is InChI=1S/C15H23NO3S/c1-3-8-16(11-14-7-9-19-12-14)20(17,18)15-6-4-5-13(2)10-15/h4-6,10,14H,3,7-9,11-12H2,1-2H3. The molecule has 0 aliphatic carbocycles. The molecule has 0 aromatic heterocycles. The maximum Gasteiger partial charge on any atom is 0.243 e. The zero-order chi connectivity index (χ0) is 14.6. The van der Waals surface area contributed by atoms with E-state index in [1.54, 1.807) is 22.5 Å². The zero-order valence-corrected chi connectivity index (χ0v) is 13.0. The number of ether oxygens (including phenoxy) is 1. The summed E-state index contributed by atoms with van der Waals surface area (Å²) < 4.78 is 32.5. The van der Waals surface area contributed by atoms with Crippen LogP contribution < -0.4 is 0 Å². The van der Waals surface area contributed by atoms with Crippen molar-refractivity contribution in [3.05, 3.63) is 29.8 Å². The number of benzene rings is 1. The van der Waals surface area contributed by atoms with E-state index in [-0.39, 0.29) is 0 Å². The normalized spacial score (nSPS) is 19.6. The lowest BCUT2D eigenvalue weighted by molar-refractivity contribution is 0.180. The van der Waals surface area contributed by atoms with E-state index in [4.69, 9.17) is 4.74 Å². The molecule has 0 saturated carbocycles. The van der Waals surface area contributed by atoms with E-state index in [9.17, 15) is 8.42 Å². The molecule has 0 amide bonds. The third-order valence-corrected chi connectivity index (χ3v) is 5.45. The first-order chi connectivity index (χ1) is 9.54. The second-order valence-electron chi connectivity index (χ2n) is 5.41. The predicted octanol–water partition coefficient (Wildman–Crippen LogP) is 2.43. The van der Waals surface area contributed by atoms with E-state index < -0.39 is 10.0 Å². The molecule has 20 heavy (non-hydrogen) atoms. The fourth-order valence-corrected chi connectivity index (χ4v) is 4.21. The Morgan fingerprint density at radius 3 is 2.80 bits per heavy atom. The molecule has 2 rings (SSSR count). The highest BCUT2D eigenvalue weighted by molar-refractivity contribution is 7.89. The van der Waals surface area contributed by atoms with Crippen LogP contribution in [0.25, 0.3) is 0 Å². The van der Waals surface area contributed by atoms with Gasteiger partial charge in [-0.25, -0.2) is 8.42 Å². The van der Waals surface area contributed by atoms with Crippen LogP contribution in [0.1, 0.15) is 25.3 Å². The van der Waals surface area contributed by atoms with Gasteiger partial charge in [0.2, 0.25) is 10.0 Å². The Morgan fingerprint density at radius 2 is 2.20 bits per heavy atom. The van der Waals surface area contributed by atoms with Gasteiger partial charge in [0, 0.05) is 19.7 Å². The molecule has 1 fully saturated rings. The van der Waals surface area contributed by atoms with Gasteiger partial charge < -0.3 is 4.74 Å². The van der Waals surface area contributed by atoms with E-state index in [1.165, 1.54) is 0 Å². The molecular weight excluding hydrogens is 274 g/mol. The van der Waals surface area contributed by atoms with Crippen molar-refractivity contribution in [2.24, 2.45) is 5.92 Å². The Kier molecular flexibility index (Phi) is 5.18. The third-order valence-electron chi connectivity index (χ3n) is 3.59. The van der Waals surface area contributed by atoms with Gasteiger partial charge in [0.1, 0.15) is 0 Å². The van der Waals surface area contributed by atoms with Gasteiger partial charge in [0.15, 0.2) is 0 Å². The third kappa shape index (κ3) is 3.59. The van der Waals surface area contributed by atoms with Gasteiger partial charge in [0.25, 0.3) is 0 Å². The number of sulfonamides is 1. The molecule has 0 bridgehead atoms. The first-order valence-corrected chi connectivity index (χ1v) is 8.62. The van der Waals surface area contributed by atoms with E-state index in [0.29, 0.717) is 30.5 Å². The highest BCUT2D eigenvalue weighted by Gasteiger charge is 2.28. The Hall–Kier alpha value is -0.910. The molecule has 1 aromatic rings. The number of hydrogen-bond donors (Lipinski definition) is 0. The molecule has 1 atom stereocenters. The van der Waals surface area contributed by atoms with Crippen molar-refractivity contribution >= 4 is 10.0 Å². The molecule has 1 unspecified atom stereocenters. The van der Waals surface area contributed by atoms with Gasteiger partial charge in [-0.1, -0.05) is 19.1 Å². The molecule has 0 radical (unpaired) electrons. The van der Waals surface area contributed by atoms with E-state index >= 15 is 0 Å². The van der Waals surface area contributed by atoms with Crippen molar-refractivity contribution in [2.45, 2.75) is 31.6 Å². The second kappa shape index (κ2) is 6.70. The smallest absolute Gasteiger partial charge is 0.243 e. The quantitative estimate of drug-likeness (QED) is 0.810. The van der Waals surface area contributed by atoms with Crippen LogP contribution in [0.2, 0.25) is 0 Å². The van der Waals surface area contributed by atoms with Gasteiger partial charge in [-0.2, -0.15) is 4.31 Å². The van der Waals surface area contributed by atoms with Crippen LogP contribution >= 0.6 is 0 Å². The van der Waals surface area contributed by atoms with Crippen LogP contribution in [0.15, 0.2) is 29.2 Å². The topological polar surface area (TPSA) is 46.6 Å². The summed E-state index contributed by atoms with van der Waals surface area (Å²) in [6, 6.07) is 7.12. The monoisotopic (exact) mass is 297 g/mol. The van der Waals surface area contributed by atoms with Gasteiger partial charge in [-0.15, -0.1) is 0 Å². The molecule has 1 aliphatic heterocycles. The average molecular weight is 297 g/mol. The first kappa shape index (κ1) is 15.5. The van der Waals surface area contributed by atoms with Crippen LogP contribution in [0.3, 0.4) is 0 Å². The minimum Gasteiger partial charge on any atom is -0.381 e. The molecule has 0 spiro atoms. The molecule has 1 aromatic carbocycles. The van der Waals surface area contributed by atoms with Gasteiger partial charge in [-0.3, -0.25) is 0 Å². The molecule has 1 saturated heterocycles. The number of hydrogen-bond acceptors (Lipinski definition) is 3. The first-order valence-electron chi connectivity index (χ1n) is 7.18. The molecule has 5 heteroatoms. The lowest BCUT2D eigenvalue weighted by Crippen LogP contribution is -2.36. The van der Waals surface area contributed by atoms with Crippen LogP contribution in [-0.4, -0.2) is 39.0 Å². The Morgan fingerprint density at radius 1 is 1.40 bits per heavy atom. The molecular formula is C15H23NO3S. The summed E-state index contributed by atoms with van der Waals surface area (Å²) in [6.07, 6.45) is 1.77. The fraction of sp³-hybridized carbons (Fsp3) is 0.600. The largest absolute Gasteiger partial charge is 0.381 e. The van der Waals surface area contributed by atoms with E-state index in [1.807, 2.05) is 19.9 Å². The van der Waals surface area contributed by atoms with Crippen molar-refractivity contribution in [3.8, 4) is 0 Å². The lowest BCUT2D eigenvalue weighted by atomic mass is 10.1. The summed E-state index contributed by atoms with van der Waals surface area (Å²) in [4.78, 5) is 0.393. The van der Waals surface area contributed by atoms with Crippen molar-refractivity contribution < 1.29 is 13.2 Å². The highest BCUT2D eigenvalue weighted by atomic mass is 32.2. The molecule has 4 nitrogen and oxygen atoms in total. The van der Waals surface area contributed by atoms with Crippen molar-refractivity contribution in [3.63, 3.8) is 0 Å². The number of nitrogens with zero attached hydrogens (tertiary/aromatic N) is 1. The highest BCUT2D eigenvalue weighted by Crippen LogP contribution is 2.21. The lowest BCUT2D eigenvalue weighted by Gasteiger charge is -2.24. The summed E-state index contributed by atoms with van der Waals surface area (Å²) in [5, 5.41) is 0. The Balaban J connectivity index is 2.21. The molecule has 0 N–H and O–H groups in total. The number of aryl methyl sites for hydroxylation is 1. The maximum absolute atomic E-state index is 12.7. The van der Waals surface area contributed by atoms with Crippen LogP contribution in [0.4, 0.5) is 0 Å². The van der Waals surface area contributed by atoms with Gasteiger partial charge >= 0.3 is 0 Å². The SMILES string of the molecule is CCCN(CC1CCOC1)S(=O)(=O)c1cccc(C)c1. The van der Waals surface area contributed by atoms with Crippen molar-refractivity contribution in [1.29, 1.82) is 0 Å². The van der Waals surface area contributed by atoms with Crippen molar-refractivity contribution in [2.75, 3.05) is 26.3 Å². The van der Waals surface area contributed by atoms with E-state index in [0.717, 1.165) is 25.0 Å². The molecule has 1 heterocycles. The fourth-order valence-electron chi connectivity index (χ4n) is 2.50. The Labute approximate surface area is 121 Å². The summed E-state index contributed by atoms with van der Waals surface area (Å²) in [6.45, 7) is 6.45. The summed E-state index contributed by atoms with van der Waals surface area (Å²) in [7, 11) is -3.40. The summed E-state index contributed by atoms with van der Waals surface area (Å²) >= 11 is 0. The minimum absolute atomic E-state index is 0.320. The van der Waals surface area contributed by atoms with Crippen LogP contribution in [-0.2, 0) is 14.8 Å². The Bertz CT molecular complexity index is 536. The van der Waals surface area contributed by atoms with Gasteiger partial charge in [-0.05, 0) is 43.4 Å². The van der Waals surface area contributed by atoms with E-state index in [2.05, 4.69) is 0 Å². The van der Waals surface area contributed by atoms with Crippen LogP contribution in [0, 0.1) is 12.8 Å². The zero-order valence-electron chi connectivity index (χ0n) is 12.2. The van der Waals surface area contributed by atoms with Crippen LogP contribution in [0.5, 0.6) is 0 Å². The molecule has 112 valence electrons. The number of rotatable bonds is 6. The summed E-state index contributed by atoms with van der Waals surface area (Å²) in [5.74, 6) is 0.320. The average Bonchev–Trinajstić information content (AvgIpc) is 2.91. The maximum atomic E-state index is 12.7. The van der Waals surface area contributed by atoms with Crippen molar-refractivity contribution in [1.82, 2.24) is 4.31 Å². The minimum atomic E-state index is -3.40. The van der Waals surface area contributed by atoms with Gasteiger partial charge in [0.05, 0.1) is 11.5 Å². The molecule has 1 aliphatic rings. The summed E-state index contributed by atoms with van der Waals surface area (Å²) in [5.41, 5.74) is 0.965.